The van der Waals surface area contributed by atoms with E-state index >= 15 is 0 Å². The molecule has 0 spiro atoms. The Balaban J connectivity index is 1.62. The van der Waals surface area contributed by atoms with Gasteiger partial charge in [-0.05, 0) is 42.2 Å². The van der Waals surface area contributed by atoms with Crippen LogP contribution in [0.4, 0.5) is 10.5 Å². The molecule has 1 fully saturated rings. The van der Waals surface area contributed by atoms with E-state index in [0.29, 0.717) is 16.8 Å². The first-order chi connectivity index (χ1) is 17.2. The molecule has 1 aliphatic rings. The zero-order valence-corrected chi connectivity index (χ0v) is 20.8. The lowest BCUT2D eigenvalue weighted by molar-refractivity contribution is 0.229. The van der Waals surface area contributed by atoms with E-state index in [0.717, 1.165) is 49.7 Å². The number of hydrogen-bond acceptors (Lipinski definition) is 4. The van der Waals surface area contributed by atoms with Gasteiger partial charge in [-0.1, -0.05) is 80.3 Å². The third kappa shape index (κ3) is 5.75. The highest BCUT2D eigenvalue weighted by Crippen LogP contribution is 2.37. The monoisotopic (exact) mass is 505 g/mol. The number of sulfonamides is 1. The number of rotatable bonds is 6. The van der Waals surface area contributed by atoms with Crippen molar-refractivity contribution in [2.45, 2.75) is 49.0 Å². The molecule has 9 heteroatoms. The van der Waals surface area contributed by atoms with Crippen LogP contribution in [-0.4, -0.2) is 20.3 Å². The number of carbonyl (C=O) groups excluding carboxylic acids is 1. The molecule has 3 aromatic carbocycles. The van der Waals surface area contributed by atoms with E-state index in [4.69, 9.17) is 16.3 Å². The Morgan fingerprint density at radius 1 is 0.889 bits per heavy atom. The van der Waals surface area contributed by atoms with Crippen molar-refractivity contribution in [3.63, 3.8) is 0 Å². The molecular formula is C27H31N5O3S. The first-order valence-electron chi connectivity index (χ1n) is 11.9. The summed E-state index contributed by atoms with van der Waals surface area (Å²) in [7, 11) is -3.87. The summed E-state index contributed by atoms with van der Waals surface area (Å²) < 4.78 is 24.1. The summed E-state index contributed by atoms with van der Waals surface area (Å²) >= 11 is 0. The number of benzene rings is 3. The van der Waals surface area contributed by atoms with Crippen LogP contribution in [0.25, 0.3) is 11.1 Å². The molecule has 0 heterocycles. The quantitative estimate of drug-likeness (QED) is 0.188. The largest absolute Gasteiger partial charge is 0.384 e. The van der Waals surface area contributed by atoms with Crippen LogP contribution in [0.1, 0.15) is 49.7 Å². The second-order valence-electron chi connectivity index (χ2n) is 9.19. The summed E-state index contributed by atoms with van der Waals surface area (Å²) in [6.45, 7) is 0. The molecule has 0 saturated heterocycles. The van der Waals surface area contributed by atoms with Gasteiger partial charge in [-0.15, -0.1) is 0 Å². The highest BCUT2D eigenvalue weighted by molar-refractivity contribution is 7.89. The minimum atomic E-state index is -3.87. The predicted molar refractivity (Wildman–Crippen MR) is 142 cm³/mol. The smallest absolute Gasteiger partial charge is 0.319 e. The molecule has 0 unspecified atom stereocenters. The molecule has 8 nitrogen and oxygen atoms in total. The Morgan fingerprint density at radius 2 is 1.56 bits per heavy atom. The van der Waals surface area contributed by atoms with Gasteiger partial charge >= 0.3 is 6.03 Å². The minimum Gasteiger partial charge on any atom is -0.384 e. The van der Waals surface area contributed by atoms with E-state index in [2.05, 4.69) is 10.6 Å². The minimum absolute atomic E-state index is 0.0663. The van der Waals surface area contributed by atoms with Gasteiger partial charge in [0.05, 0.1) is 10.4 Å². The van der Waals surface area contributed by atoms with Gasteiger partial charge in [0.25, 0.3) is 0 Å². The van der Waals surface area contributed by atoms with Crippen molar-refractivity contribution in [2.24, 2.45) is 10.9 Å². The fourth-order valence-electron chi connectivity index (χ4n) is 4.88. The van der Waals surface area contributed by atoms with Gasteiger partial charge in [0.15, 0.2) is 0 Å². The SMILES string of the molecule is N=C(N)c1cccc(NC(=O)NC2(c3ccc(-c4ccccc4S(N)(=O)=O)cc3)CCCCCC2)c1. The van der Waals surface area contributed by atoms with Crippen LogP contribution in [-0.2, 0) is 15.6 Å². The number of primary sulfonamides is 1. The van der Waals surface area contributed by atoms with Crippen LogP contribution in [0.3, 0.4) is 0 Å². The van der Waals surface area contributed by atoms with Gasteiger partial charge in [0.2, 0.25) is 10.0 Å². The number of nitrogen functional groups attached to an aromatic ring is 1. The molecule has 3 aromatic rings. The summed E-state index contributed by atoms with van der Waals surface area (Å²) in [4.78, 5) is 13.2. The van der Waals surface area contributed by atoms with Crippen LogP contribution in [0.5, 0.6) is 0 Å². The Labute approximate surface area is 211 Å². The van der Waals surface area contributed by atoms with Gasteiger partial charge in [-0.2, -0.15) is 0 Å². The molecule has 2 amide bonds. The molecule has 36 heavy (non-hydrogen) atoms. The molecule has 0 aliphatic heterocycles. The molecule has 7 N–H and O–H groups in total. The normalized spacial score (nSPS) is 15.5. The van der Waals surface area contributed by atoms with E-state index in [9.17, 15) is 13.2 Å². The maximum Gasteiger partial charge on any atom is 0.319 e. The first-order valence-corrected chi connectivity index (χ1v) is 13.5. The van der Waals surface area contributed by atoms with E-state index in [-0.39, 0.29) is 16.8 Å². The second-order valence-corrected chi connectivity index (χ2v) is 10.7. The average Bonchev–Trinajstić information content (AvgIpc) is 3.10. The van der Waals surface area contributed by atoms with Crippen molar-refractivity contribution in [1.82, 2.24) is 5.32 Å². The van der Waals surface area contributed by atoms with Crippen molar-refractivity contribution in [2.75, 3.05) is 5.32 Å². The maximum atomic E-state index is 13.1. The van der Waals surface area contributed by atoms with E-state index in [1.54, 1.807) is 42.5 Å². The summed E-state index contributed by atoms with van der Waals surface area (Å²) in [6, 6.07) is 20.9. The van der Waals surface area contributed by atoms with Crippen LogP contribution in [0, 0.1) is 5.41 Å². The Bertz CT molecular complexity index is 1360. The second kappa shape index (κ2) is 10.5. The van der Waals surface area contributed by atoms with Crippen molar-refractivity contribution in [3.8, 4) is 11.1 Å². The molecule has 0 atom stereocenters. The number of amidine groups is 1. The number of amides is 2. The van der Waals surface area contributed by atoms with Gasteiger partial charge in [0.1, 0.15) is 5.84 Å². The number of hydrogen-bond donors (Lipinski definition) is 5. The molecule has 0 bridgehead atoms. The van der Waals surface area contributed by atoms with Crippen LogP contribution in [0.15, 0.2) is 77.7 Å². The molecule has 0 aromatic heterocycles. The predicted octanol–water partition coefficient (Wildman–Crippen LogP) is 4.66. The topological polar surface area (TPSA) is 151 Å². The molecule has 1 saturated carbocycles. The third-order valence-corrected chi connectivity index (χ3v) is 7.65. The number of nitrogens with two attached hydrogens (primary N) is 2. The molecule has 4 rings (SSSR count). The third-order valence-electron chi connectivity index (χ3n) is 6.68. The number of nitrogens with one attached hydrogen (secondary N) is 3. The molecule has 188 valence electrons. The lowest BCUT2D eigenvalue weighted by Crippen LogP contribution is -2.47. The Morgan fingerprint density at radius 3 is 2.19 bits per heavy atom. The average molecular weight is 506 g/mol. The summed E-state index contributed by atoms with van der Waals surface area (Å²) in [5.74, 6) is -0.0663. The standard InChI is InChI=1S/C27H31N5O3S/c28-25(29)20-8-7-9-22(18-20)31-26(33)32-27(16-5-1-2-6-17-27)21-14-12-19(13-15-21)23-10-3-4-11-24(23)36(30,34)35/h3-4,7-15,18H,1-2,5-6,16-17H2,(H3,28,29)(H2,30,34,35)(H2,31,32,33). The van der Waals surface area contributed by atoms with Gasteiger partial charge < -0.3 is 16.4 Å². The zero-order chi connectivity index (χ0) is 25.8. The van der Waals surface area contributed by atoms with Crippen LogP contribution in [0.2, 0.25) is 0 Å². The Hall–Kier alpha value is -3.69. The molecule has 1 aliphatic carbocycles. The van der Waals surface area contributed by atoms with Crippen LogP contribution >= 0.6 is 0 Å². The Kier molecular flexibility index (Phi) is 7.42. The van der Waals surface area contributed by atoms with Gasteiger partial charge in [-0.3, -0.25) is 5.41 Å². The van der Waals surface area contributed by atoms with Crippen molar-refractivity contribution in [3.05, 3.63) is 83.9 Å². The highest BCUT2D eigenvalue weighted by atomic mass is 32.2. The number of urea groups is 1. The van der Waals surface area contributed by atoms with Gasteiger partial charge in [0, 0.05) is 16.8 Å². The lowest BCUT2D eigenvalue weighted by Gasteiger charge is -2.35. The lowest BCUT2D eigenvalue weighted by atomic mass is 9.82. The fraction of sp³-hybridized carbons (Fsp3) is 0.259. The van der Waals surface area contributed by atoms with Crippen molar-refractivity contribution in [1.29, 1.82) is 5.41 Å². The van der Waals surface area contributed by atoms with E-state index in [1.807, 2.05) is 24.3 Å². The summed E-state index contributed by atoms with van der Waals surface area (Å²) in [5, 5.41) is 19.2. The number of anilines is 1. The zero-order valence-electron chi connectivity index (χ0n) is 20.0. The summed E-state index contributed by atoms with van der Waals surface area (Å²) in [5.41, 5.74) is 8.35. The maximum absolute atomic E-state index is 13.1. The van der Waals surface area contributed by atoms with Crippen LogP contribution < -0.4 is 21.5 Å². The molecule has 0 radical (unpaired) electrons. The number of carbonyl (C=O) groups is 1. The van der Waals surface area contributed by atoms with Crippen molar-refractivity contribution < 1.29 is 13.2 Å². The summed E-state index contributed by atoms with van der Waals surface area (Å²) in [6.07, 6.45) is 5.76. The van der Waals surface area contributed by atoms with E-state index < -0.39 is 15.6 Å². The fourth-order valence-corrected chi connectivity index (χ4v) is 5.64. The first kappa shape index (κ1) is 25.4. The van der Waals surface area contributed by atoms with E-state index in [1.165, 1.54) is 6.07 Å². The molecular weight excluding hydrogens is 474 g/mol. The highest BCUT2D eigenvalue weighted by Gasteiger charge is 2.34. The van der Waals surface area contributed by atoms with Gasteiger partial charge in [-0.25, -0.2) is 18.4 Å². The van der Waals surface area contributed by atoms with Crippen molar-refractivity contribution >= 4 is 27.6 Å².